The molecule has 0 saturated heterocycles. The number of allylic oxidation sites excluding steroid dienone is 2. The van der Waals surface area contributed by atoms with Crippen molar-refractivity contribution in [2.45, 2.75) is 5.92 Å². The molecule has 2 aromatic rings. The number of thiophene rings is 1. The minimum absolute atomic E-state index is 0.0122. The van der Waals surface area contributed by atoms with Crippen LogP contribution in [0.1, 0.15) is 16.4 Å². The van der Waals surface area contributed by atoms with Crippen LogP contribution in [0.15, 0.2) is 36.1 Å². The molecule has 0 fully saturated rings. The summed E-state index contributed by atoms with van der Waals surface area (Å²) in [6, 6.07) is 8.64. The maximum atomic E-state index is 12.5. The number of carbonyl (C=O) groups is 1. The fraction of sp³-hybridized carbons (Fsp3) is 0.278. The predicted molar refractivity (Wildman–Crippen MR) is 96.2 cm³/mol. The average molecular weight is 343 g/mol. The van der Waals surface area contributed by atoms with E-state index >= 15 is 0 Å². The molecular formula is C18H19N2O3S-. The molecule has 1 atom stereocenters. The second kappa shape index (κ2) is 5.87. The van der Waals surface area contributed by atoms with Gasteiger partial charge in [0.05, 0.1) is 10.6 Å². The Morgan fingerprint density at radius 1 is 1.08 bits per heavy atom. The number of nitrogens with zero attached hydrogens (tertiary/aromatic N) is 2. The third-order valence-electron chi connectivity index (χ3n) is 4.14. The Kier molecular flexibility index (Phi) is 4.01. The van der Waals surface area contributed by atoms with Crippen molar-refractivity contribution in [3.63, 3.8) is 0 Å². The van der Waals surface area contributed by atoms with E-state index in [1.165, 1.54) is 17.4 Å². The Hall–Kier alpha value is -2.47. The lowest BCUT2D eigenvalue weighted by Gasteiger charge is -2.31. The smallest absolute Gasteiger partial charge is 0.182 e. The van der Waals surface area contributed by atoms with Crippen molar-refractivity contribution >= 4 is 33.4 Å². The maximum absolute atomic E-state index is 12.5. The summed E-state index contributed by atoms with van der Waals surface area (Å²) in [6.07, 6.45) is 0. The number of benzene rings is 1. The Morgan fingerprint density at radius 3 is 2.29 bits per heavy atom. The standard InChI is InChI=1S/C18H20N2O3S/c1-19(2)10-5-6-11(12(21)9-10)15-17(22)16(18(15)23)13-7-8-14(24-13)20(3)4/h5-9,15,21-22H,1-4H3/p-1. The van der Waals surface area contributed by atoms with E-state index in [-0.39, 0.29) is 17.3 Å². The molecule has 1 aromatic carbocycles. The molecule has 24 heavy (non-hydrogen) atoms. The fourth-order valence-electron chi connectivity index (χ4n) is 2.74. The van der Waals surface area contributed by atoms with Gasteiger partial charge in [0.25, 0.3) is 0 Å². The molecule has 1 aromatic heterocycles. The van der Waals surface area contributed by atoms with Crippen molar-refractivity contribution in [1.82, 2.24) is 0 Å². The van der Waals surface area contributed by atoms with Gasteiger partial charge in [-0.2, -0.15) is 0 Å². The summed E-state index contributed by atoms with van der Waals surface area (Å²) in [5.74, 6) is -1.28. The molecular weight excluding hydrogens is 324 g/mol. The van der Waals surface area contributed by atoms with E-state index in [4.69, 9.17) is 0 Å². The first-order valence-electron chi connectivity index (χ1n) is 7.54. The van der Waals surface area contributed by atoms with Crippen LogP contribution in [0.25, 0.3) is 5.57 Å². The number of hydrogen-bond donors (Lipinski definition) is 1. The first-order chi connectivity index (χ1) is 11.3. The van der Waals surface area contributed by atoms with E-state index in [0.717, 1.165) is 15.6 Å². The number of aliphatic hydroxyl groups excluding tert-OH is 1. The summed E-state index contributed by atoms with van der Waals surface area (Å²) < 4.78 is 0. The molecule has 0 bridgehead atoms. The largest absolute Gasteiger partial charge is 0.872 e. The number of aliphatic hydroxyl groups is 1. The quantitative estimate of drug-likeness (QED) is 0.924. The van der Waals surface area contributed by atoms with E-state index in [9.17, 15) is 15.0 Å². The highest BCUT2D eigenvalue weighted by Gasteiger charge is 2.42. The van der Waals surface area contributed by atoms with Crippen molar-refractivity contribution in [3.05, 3.63) is 46.5 Å². The second-order valence-corrected chi connectivity index (χ2v) is 7.27. The lowest BCUT2D eigenvalue weighted by Crippen LogP contribution is -2.28. The van der Waals surface area contributed by atoms with Crippen LogP contribution >= 0.6 is 11.3 Å². The normalized spacial score (nSPS) is 17.0. The number of rotatable bonds is 4. The number of hydrogen-bond acceptors (Lipinski definition) is 6. The van der Waals surface area contributed by atoms with E-state index in [2.05, 4.69) is 0 Å². The highest BCUT2D eigenvalue weighted by Crippen LogP contribution is 2.47. The zero-order valence-corrected chi connectivity index (χ0v) is 14.8. The SMILES string of the molecule is CN(C)c1ccc(C2C(=O)C(c3ccc(N(C)C)s3)=C2O)c([O-])c1. The number of carbonyl (C=O) groups excluding carboxylic acids is 1. The highest BCUT2D eigenvalue weighted by molar-refractivity contribution is 7.17. The van der Waals surface area contributed by atoms with Crippen LogP contribution in [0.2, 0.25) is 0 Å². The van der Waals surface area contributed by atoms with Gasteiger partial charge in [-0.1, -0.05) is 6.07 Å². The summed E-state index contributed by atoms with van der Waals surface area (Å²) in [6.45, 7) is 0. The van der Waals surface area contributed by atoms with Crippen molar-refractivity contribution in [3.8, 4) is 5.75 Å². The topological polar surface area (TPSA) is 66.8 Å². The van der Waals surface area contributed by atoms with E-state index < -0.39 is 5.92 Å². The molecule has 0 radical (unpaired) electrons. The molecule has 1 aliphatic carbocycles. The molecule has 3 rings (SSSR count). The lowest BCUT2D eigenvalue weighted by molar-refractivity contribution is -0.269. The van der Waals surface area contributed by atoms with Crippen LogP contribution in [0.3, 0.4) is 0 Å². The Labute approximate surface area is 145 Å². The average Bonchev–Trinajstić information content (AvgIpc) is 2.98. The third kappa shape index (κ3) is 2.53. The Balaban J connectivity index is 1.95. The van der Waals surface area contributed by atoms with Crippen molar-refractivity contribution in [2.75, 3.05) is 38.0 Å². The van der Waals surface area contributed by atoms with Gasteiger partial charge in [-0.05, 0) is 29.8 Å². The monoisotopic (exact) mass is 343 g/mol. The highest BCUT2D eigenvalue weighted by atomic mass is 32.1. The van der Waals surface area contributed by atoms with Crippen molar-refractivity contribution in [2.24, 2.45) is 0 Å². The number of ketones is 1. The Bertz CT molecular complexity index is 837. The number of Topliss-reactive ketones (excluding diaryl/α,β-unsaturated/α-hetero) is 1. The van der Waals surface area contributed by atoms with Gasteiger partial charge in [0, 0.05) is 38.8 Å². The van der Waals surface area contributed by atoms with Crippen LogP contribution in [0, 0.1) is 0 Å². The molecule has 1 N–H and O–H groups in total. The summed E-state index contributed by atoms with van der Waals surface area (Å²) in [7, 11) is 7.53. The fourth-order valence-corrected chi connectivity index (χ4v) is 3.73. The first-order valence-corrected chi connectivity index (χ1v) is 8.36. The van der Waals surface area contributed by atoms with Crippen molar-refractivity contribution < 1.29 is 15.0 Å². The van der Waals surface area contributed by atoms with Gasteiger partial charge in [0.15, 0.2) is 5.78 Å². The molecule has 5 nitrogen and oxygen atoms in total. The summed E-state index contributed by atoms with van der Waals surface area (Å²) in [4.78, 5) is 17.0. The van der Waals surface area contributed by atoms with Gasteiger partial charge in [-0.15, -0.1) is 17.1 Å². The van der Waals surface area contributed by atoms with Crippen LogP contribution in [0.5, 0.6) is 5.75 Å². The minimum Gasteiger partial charge on any atom is -0.872 e. The minimum atomic E-state index is -0.839. The van der Waals surface area contributed by atoms with Crippen molar-refractivity contribution in [1.29, 1.82) is 0 Å². The first kappa shape index (κ1) is 16.4. The zero-order chi connectivity index (χ0) is 17.6. The molecule has 0 amide bonds. The van der Waals surface area contributed by atoms with Crippen LogP contribution < -0.4 is 14.9 Å². The maximum Gasteiger partial charge on any atom is 0.182 e. The van der Waals surface area contributed by atoms with Gasteiger partial charge in [0.1, 0.15) is 11.7 Å². The molecule has 126 valence electrons. The predicted octanol–water partition coefficient (Wildman–Crippen LogP) is 2.59. The second-order valence-electron chi connectivity index (χ2n) is 6.21. The molecule has 0 saturated carbocycles. The van der Waals surface area contributed by atoms with Gasteiger partial charge in [-0.3, -0.25) is 4.79 Å². The third-order valence-corrected chi connectivity index (χ3v) is 5.41. The van der Waals surface area contributed by atoms with Gasteiger partial charge in [0.2, 0.25) is 0 Å². The summed E-state index contributed by atoms with van der Waals surface area (Å²) in [5, 5.41) is 23.7. The lowest BCUT2D eigenvalue weighted by atomic mass is 9.76. The van der Waals surface area contributed by atoms with Crippen LogP contribution in [-0.4, -0.2) is 39.1 Å². The molecule has 6 heteroatoms. The van der Waals surface area contributed by atoms with E-state index in [0.29, 0.717) is 11.1 Å². The van der Waals surface area contributed by atoms with E-state index in [1.807, 2.05) is 50.1 Å². The van der Waals surface area contributed by atoms with Crippen LogP contribution in [-0.2, 0) is 4.79 Å². The molecule has 0 spiro atoms. The van der Waals surface area contributed by atoms with Gasteiger partial charge < -0.3 is 20.0 Å². The molecule has 0 aliphatic heterocycles. The Morgan fingerprint density at radius 2 is 1.79 bits per heavy atom. The number of anilines is 2. The summed E-state index contributed by atoms with van der Waals surface area (Å²) >= 11 is 1.44. The zero-order valence-electron chi connectivity index (χ0n) is 14.0. The molecule has 1 aliphatic rings. The molecule has 1 unspecified atom stereocenters. The van der Waals surface area contributed by atoms with E-state index in [1.54, 1.807) is 12.1 Å². The van der Waals surface area contributed by atoms with Crippen LogP contribution in [0.4, 0.5) is 10.7 Å². The van der Waals surface area contributed by atoms with Gasteiger partial charge >= 0.3 is 0 Å². The molecule has 1 heterocycles. The summed E-state index contributed by atoms with van der Waals surface area (Å²) in [5.41, 5.74) is 1.43. The van der Waals surface area contributed by atoms with Gasteiger partial charge in [-0.25, -0.2) is 0 Å².